The molecular formula is C15H19NO4. The summed E-state index contributed by atoms with van der Waals surface area (Å²) in [5.41, 5.74) is -0.323. The molecule has 1 aliphatic rings. The molecular weight excluding hydrogens is 258 g/mol. The number of ether oxygens (including phenoxy) is 1. The van der Waals surface area contributed by atoms with Crippen LogP contribution in [0.5, 0.6) is 5.75 Å². The van der Waals surface area contributed by atoms with E-state index in [4.69, 9.17) is 4.74 Å². The summed E-state index contributed by atoms with van der Waals surface area (Å²) in [6, 6.07) is 7.15. The van der Waals surface area contributed by atoms with Crippen molar-refractivity contribution >= 4 is 11.9 Å². The molecule has 0 bridgehead atoms. The first kappa shape index (κ1) is 14.4. The maximum absolute atomic E-state index is 12.0. The zero-order valence-electron chi connectivity index (χ0n) is 11.7. The van der Waals surface area contributed by atoms with Gasteiger partial charge in [-0.25, -0.2) is 4.79 Å². The van der Waals surface area contributed by atoms with Crippen molar-refractivity contribution in [2.45, 2.75) is 31.7 Å². The zero-order valence-corrected chi connectivity index (χ0v) is 11.7. The number of methoxy groups -OCH3 is 1. The SMILES string of the molecule is COc1ccc(CC(=O)NC(C)(C(=O)O)C2CC2)cc1. The maximum Gasteiger partial charge on any atom is 0.329 e. The third-order valence-corrected chi connectivity index (χ3v) is 3.76. The van der Waals surface area contributed by atoms with E-state index < -0.39 is 11.5 Å². The molecule has 2 N–H and O–H groups in total. The fraction of sp³-hybridized carbons (Fsp3) is 0.467. The largest absolute Gasteiger partial charge is 0.497 e. The first-order chi connectivity index (χ1) is 9.45. The van der Waals surface area contributed by atoms with Gasteiger partial charge in [-0.15, -0.1) is 0 Å². The van der Waals surface area contributed by atoms with E-state index in [1.165, 1.54) is 0 Å². The Hall–Kier alpha value is -2.04. The van der Waals surface area contributed by atoms with Gasteiger partial charge in [-0.05, 0) is 43.4 Å². The lowest BCUT2D eigenvalue weighted by Gasteiger charge is -2.26. The van der Waals surface area contributed by atoms with Crippen LogP contribution >= 0.6 is 0 Å². The van der Waals surface area contributed by atoms with E-state index >= 15 is 0 Å². The Morgan fingerprint density at radius 3 is 2.40 bits per heavy atom. The smallest absolute Gasteiger partial charge is 0.329 e. The molecule has 5 nitrogen and oxygen atoms in total. The van der Waals surface area contributed by atoms with E-state index in [-0.39, 0.29) is 18.2 Å². The van der Waals surface area contributed by atoms with Crippen LogP contribution < -0.4 is 10.1 Å². The number of amides is 1. The average Bonchev–Trinajstić information content (AvgIpc) is 3.23. The van der Waals surface area contributed by atoms with Gasteiger partial charge in [0.05, 0.1) is 13.5 Å². The molecule has 1 aromatic carbocycles. The summed E-state index contributed by atoms with van der Waals surface area (Å²) in [7, 11) is 1.58. The molecule has 0 spiro atoms. The summed E-state index contributed by atoms with van der Waals surface area (Å²) in [6.07, 6.45) is 1.87. The van der Waals surface area contributed by atoms with E-state index in [0.717, 1.165) is 24.2 Å². The van der Waals surface area contributed by atoms with Gasteiger partial charge in [0, 0.05) is 0 Å². The summed E-state index contributed by atoms with van der Waals surface area (Å²) < 4.78 is 5.05. The summed E-state index contributed by atoms with van der Waals surface area (Å²) in [5.74, 6) is -0.475. The molecule has 0 aromatic heterocycles. The maximum atomic E-state index is 12.0. The van der Waals surface area contributed by atoms with E-state index in [2.05, 4.69) is 5.32 Å². The molecule has 20 heavy (non-hydrogen) atoms. The van der Waals surface area contributed by atoms with E-state index in [1.807, 2.05) is 0 Å². The number of carboxylic acids is 1. The zero-order chi connectivity index (χ0) is 14.8. The lowest BCUT2D eigenvalue weighted by atomic mass is 9.95. The minimum absolute atomic E-state index is 0.0415. The predicted molar refractivity (Wildman–Crippen MR) is 73.6 cm³/mol. The molecule has 0 saturated heterocycles. The Balaban J connectivity index is 1.98. The third-order valence-electron chi connectivity index (χ3n) is 3.76. The normalized spacial score (nSPS) is 17.1. The highest BCUT2D eigenvalue weighted by molar-refractivity contribution is 5.88. The van der Waals surface area contributed by atoms with E-state index in [1.54, 1.807) is 38.3 Å². The van der Waals surface area contributed by atoms with Crippen LogP contribution in [-0.4, -0.2) is 29.6 Å². The van der Waals surface area contributed by atoms with Gasteiger partial charge < -0.3 is 15.2 Å². The van der Waals surface area contributed by atoms with Crippen LogP contribution in [0.1, 0.15) is 25.3 Å². The van der Waals surface area contributed by atoms with Crippen molar-refractivity contribution in [3.05, 3.63) is 29.8 Å². The van der Waals surface area contributed by atoms with Gasteiger partial charge in [0.2, 0.25) is 5.91 Å². The average molecular weight is 277 g/mol. The van der Waals surface area contributed by atoms with Crippen molar-refractivity contribution in [2.75, 3.05) is 7.11 Å². The summed E-state index contributed by atoms with van der Waals surface area (Å²) in [6.45, 7) is 1.58. The van der Waals surface area contributed by atoms with Crippen molar-refractivity contribution in [2.24, 2.45) is 5.92 Å². The lowest BCUT2D eigenvalue weighted by Crippen LogP contribution is -2.54. The highest BCUT2D eigenvalue weighted by atomic mass is 16.5. The second-order valence-corrected chi connectivity index (χ2v) is 5.35. The van der Waals surface area contributed by atoms with Gasteiger partial charge >= 0.3 is 5.97 Å². The third kappa shape index (κ3) is 3.10. The molecule has 1 saturated carbocycles. The molecule has 1 amide bonds. The first-order valence-corrected chi connectivity index (χ1v) is 6.63. The van der Waals surface area contributed by atoms with Crippen molar-refractivity contribution < 1.29 is 19.4 Å². The van der Waals surface area contributed by atoms with Crippen LogP contribution in [0.15, 0.2) is 24.3 Å². The Morgan fingerprint density at radius 1 is 1.35 bits per heavy atom. The minimum atomic E-state index is -1.15. The second-order valence-electron chi connectivity index (χ2n) is 5.35. The first-order valence-electron chi connectivity index (χ1n) is 6.63. The minimum Gasteiger partial charge on any atom is -0.497 e. The van der Waals surface area contributed by atoms with E-state index in [0.29, 0.717) is 0 Å². The molecule has 2 rings (SSSR count). The summed E-state index contributed by atoms with van der Waals surface area (Å²) in [5, 5.41) is 12.0. The lowest BCUT2D eigenvalue weighted by molar-refractivity contribution is -0.147. The van der Waals surface area contributed by atoms with Gasteiger partial charge in [-0.1, -0.05) is 12.1 Å². The highest BCUT2D eigenvalue weighted by Gasteiger charge is 2.48. The quantitative estimate of drug-likeness (QED) is 0.828. The van der Waals surface area contributed by atoms with Crippen molar-refractivity contribution in [3.8, 4) is 5.75 Å². The topological polar surface area (TPSA) is 75.6 Å². The summed E-state index contributed by atoms with van der Waals surface area (Å²) in [4.78, 5) is 23.4. The van der Waals surface area contributed by atoms with Crippen LogP contribution in [0, 0.1) is 5.92 Å². The van der Waals surface area contributed by atoms with Gasteiger partial charge in [-0.3, -0.25) is 4.79 Å². The Labute approximate surface area is 117 Å². The van der Waals surface area contributed by atoms with Crippen LogP contribution in [-0.2, 0) is 16.0 Å². The number of carbonyl (C=O) groups excluding carboxylic acids is 1. The molecule has 5 heteroatoms. The molecule has 1 aromatic rings. The number of carbonyl (C=O) groups is 2. The van der Waals surface area contributed by atoms with Gasteiger partial charge in [-0.2, -0.15) is 0 Å². The van der Waals surface area contributed by atoms with Crippen molar-refractivity contribution in [3.63, 3.8) is 0 Å². The molecule has 108 valence electrons. The molecule has 0 heterocycles. The number of carboxylic acid groups (broad SMARTS) is 1. The number of hydrogen-bond donors (Lipinski definition) is 2. The fourth-order valence-electron chi connectivity index (χ4n) is 2.25. The second kappa shape index (κ2) is 5.53. The van der Waals surface area contributed by atoms with Gasteiger partial charge in [0.25, 0.3) is 0 Å². The fourth-order valence-corrected chi connectivity index (χ4v) is 2.25. The molecule has 1 aliphatic carbocycles. The summed E-state index contributed by atoms with van der Waals surface area (Å²) >= 11 is 0. The van der Waals surface area contributed by atoms with Gasteiger partial charge in [0.1, 0.15) is 11.3 Å². The van der Waals surface area contributed by atoms with Crippen molar-refractivity contribution in [1.82, 2.24) is 5.32 Å². The van der Waals surface area contributed by atoms with Gasteiger partial charge in [0.15, 0.2) is 0 Å². The predicted octanol–water partition coefficient (Wildman–Crippen LogP) is 1.61. The van der Waals surface area contributed by atoms with Crippen LogP contribution in [0.25, 0.3) is 0 Å². The number of rotatable bonds is 6. The molecule has 0 radical (unpaired) electrons. The molecule has 1 unspecified atom stereocenters. The monoisotopic (exact) mass is 277 g/mol. The van der Waals surface area contributed by atoms with Crippen LogP contribution in [0.2, 0.25) is 0 Å². The number of aliphatic carboxylic acids is 1. The number of benzene rings is 1. The Kier molecular flexibility index (Phi) is 3.97. The van der Waals surface area contributed by atoms with E-state index in [9.17, 15) is 14.7 Å². The van der Waals surface area contributed by atoms with Crippen LogP contribution in [0.4, 0.5) is 0 Å². The van der Waals surface area contributed by atoms with Crippen LogP contribution in [0.3, 0.4) is 0 Å². The standard InChI is InChI=1S/C15H19NO4/c1-15(14(18)19,11-5-6-11)16-13(17)9-10-3-7-12(20-2)8-4-10/h3-4,7-8,11H,5-6,9H2,1-2H3,(H,16,17)(H,18,19). The molecule has 1 fully saturated rings. The number of hydrogen-bond acceptors (Lipinski definition) is 3. The Morgan fingerprint density at radius 2 is 1.95 bits per heavy atom. The molecule has 1 atom stereocenters. The Bertz CT molecular complexity index is 507. The van der Waals surface area contributed by atoms with Crippen molar-refractivity contribution in [1.29, 1.82) is 0 Å². The molecule has 0 aliphatic heterocycles. The number of nitrogens with one attached hydrogen (secondary N) is 1. The highest BCUT2D eigenvalue weighted by Crippen LogP contribution is 2.39.